The highest BCUT2D eigenvalue weighted by atomic mass is 31.2. The van der Waals surface area contributed by atoms with Crippen LogP contribution in [0, 0.1) is 0 Å². The van der Waals surface area contributed by atoms with Crippen molar-refractivity contribution in [2.24, 2.45) is 0 Å². The van der Waals surface area contributed by atoms with Gasteiger partial charge in [0, 0.05) is 12.1 Å². The van der Waals surface area contributed by atoms with Crippen molar-refractivity contribution in [1.82, 2.24) is 4.57 Å². The molecule has 1 aliphatic heterocycles. The SMILES string of the molecule is O=c1c(CP(=O)(O)CO)cc2cccc3c2n1CC3. The van der Waals surface area contributed by atoms with Crippen LogP contribution in [0.25, 0.3) is 10.9 Å². The Bertz CT molecular complexity index is 765. The van der Waals surface area contributed by atoms with Gasteiger partial charge in [-0.2, -0.15) is 0 Å². The van der Waals surface area contributed by atoms with Crippen LogP contribution in [0.3, 0.4) is 0 Å². The molecule has 0 bridgehead atoms. The molecule has 0 fully saturated rings. The van der Waals surface area contributed by atoms with Gasteiger partial charge in [-0.1, -0.05) is 18.2 Å². The molecule has 0 saturated carbocycles. The standard InChI is InChI=1S/C13H14NO4P/c15-8-19(17,18)7-11-6-10-3-1-2-9-4-5-14(12(9)10)13(11)16/h1-3,6,15H,4-5,7-8H2,(H,17,18). The highest BCUT2D eigenvalue weighted by Gasteiger charge is 2.23. The second-order valence-corrected chi connectivity index (χ2v) is 7.17. The Morgan fingerprint density at radius 3 is 2.89 bits per heavy atom. The van der Waals surface area contributed by atoms with Crippen molar-refractivity contribution in [3.63, 3.8) is 0 Å². The van der Waals surface area contributed by atoms with E-state index in [1.54, 1.807) is 10.6 Å². The molecule has 1 unspecified atom stereocenters. The summed E-state index contributed by atoms with van der Waals surface area (Å²) in [5.41, 5.74) is 2.13. The van der Waals surface area contributed by atoms with Crippen LogP contribution < -0.4 is 5.56 Å². The third-order valence-electron chi connectivity index (χ3n) is 3.51. The van der Waals surface area contributed by atoms with E-state index in [9.17, 15) is 14.3 Å². The molecule has 6 heteroatoms. The van der Waals surface area contributed by atoms with Gasteiger partial charge in [-0.25, -0.2) is 0 Å². The summed E-state index contributed by atoms with van der Waals surface area (Å²) in [6, 6.07) is 7.48. The summed E-state index contributed by atoms with van der Waals surface area (Å²) in [4.78, 5) is 21.8. The first-order chi connectivity index (χ1) is 9.02. The van der Waals surface area contributed by atoms with Crippen molar-refractivity contribution in [2.75, 3.05) is 6.35 Å². The van der Waals surface area contributed by atoms with E-state index in [0.29, 0.717) is 12.1 Å². The van der Waals surface area contributed by atoms with Crippen LogP contribution in [0.2, 0.25) is 0 Å². The Morgan fingerprint density at radius 1 is 1.37 bits per heavy atom. The maximum Gasteiger partial charge on any atom is 0.254 e. The fraction of sp³-hybridized carbons (Fsp3) is 0.308. The molecular formula is C13H14NO4P. The fourth-order valence-corrected chi connectivity index (χ4v) is 3.52. The Kier molecular flexibility index (Phi) is 2.86. The van der Waals surface area contributed by atoms with Gasteiger partial charge in [0.05, 0.1) is 11.7 Å². The molecular weight excluding hydrogens is 265 g/mol. The Labute approximate surface area is 109 Å². The largest absolute Gasteiger partial charge is 0.386 e. The van der Waals surface area contributed by atoms with Crippen molar-refractivity contribution in [3.8, 4) is 0 Å². The number of hydrogen-bond donors (Lipinski definition) is 2. The van der Waals surface area contributed by atoms with E-state index in [-0.39, 0.29) is 11.7 Å². The summed E-state index contributed by atoms with van der Waals surface area (Å²) in [6.07, 6.45) is -0.264. The zero-order chi connectivity index (χ0) is 13.6. The van der Waals surface area contributed by atoms with Crippen LogP contribution in [0.1, 0.15) is 11.1 Å². The molecule has 2 N–H and O–H groups in total. The number of para-hydroxylation sites is 1. The van der Waals surface area contributed by atoms with Crippen molar-refractivity contribution in [3.05, 3.63) is 45.7 Å². The molecule has 2 aromatic rings. The molecule has 0 amide bonds. The van der Waals surface area contributed by atoms with Gasteiger partial charge in [-0.3, -0.25) is 9.36 Å². The second-order valence-electron chi connectivity index (χ2n) is 4.88. The van der Waals surface area contributed by atoms with Crippen molar-refractivity contribution >= 4 is 18.3 Å². The summed E-state index contributed by atoms with van der Waals surface area (Å²) in [5.74, 6) is 0. The number of aromatic nitrogens is 1. The van der Waals surface area contributed by atoms with Crippen LogP contribution in [0.5, 0.6) is 0 Å². The number of nitrogens with zero attached hydrogens (tertiary/aromatic N) is 1. The van der Waals surface area contributed by atoms with E-state index in [2.05, 4.69) is 0 Å². The highest BCUT2D eigenvalue weighted by molar-refractivity contribution is 7.56. The number of rotatable bonds is 3. The van der Waals surface area contributed by atoms with Gasteiger partial charge >= 0.3 is 0 Å². The fourth-order valence-electron chi connectivity index (χ4n) is 2.66. The monoisotopic (exact) mass is 279 g/mol. The number of aryl methyl sites for hydroxylation is 2. The molecule has 1 aromatic heterocycles. The lowest BCUT2D eigenvalue weighted by Gasteiger charge is -2.11. The first-order valence-electron chi connectivity index (χ1n) is 6.08. The number of pyridine rings is 1. The number of benzene rings is 1. The van der Waals surface area contributed by atoms with E-state index in [4.69, 9.17) is 5.11 Å². The smallest absolute Gasteiger partial charge is 0.254 e. The summed E-state index contributed by atoms with van der Waals surface area (Å²) in [6.45, 7) is 0.609. The topological polar surface area (TPSA) is 79.5 Å². The van der Waals surface area contributed by atoms with Gasteiger partial charge in [-0.05, 0) is 23.4 Å². The quantitative estimate of drug-likeness (QED) is 0.829. The molecule has 0 saturated heterocycles. The third-order valence-corrected chi connectivity index (χ3v) is 4.79. The van der Waals surface area contributed by atoms with E-state index < -0.39 is 13.7 Å². The average Bonchev–Trinajstić information content (AvgIpc) is 2.81. The van der Waals surface area contributed by atoms with Crippen LogP contribution in [0.4, 0.5) is 0 Å². The highest BCUT2D eigenvalue weighted by Crippen LogP contribution is 2.42. The molecule has 3 rings (SSSR count). The minimum Gasteiger partial charge on any atom is -0.386 e. The first-order valence-corrected chi connectivity index (χ1v) is 8.11. The lowest BCUT2D eigenvalue weighted by Crippen LogP contribution is -2.22. The molecule has 0 spiro atoms. The average molecular weight is 279 g/mol. The van der Waals surface area contributed by atoms with E-state index in [0.717, 1.165) is 22.9 Å². The van der Waals surface area contributed by atoms with Crippen molar-refractivity contribution in [1.29, 1.82) is 0 Å². The molecule has 19 heavy (non-hydrogen) atoms. The first kappa shape index (κ1) is 12.6. The predicted octanol–water partition coefficient (Wildman–Crippen LogP) is 1.28. The van der Waals surface area contributed by atoms with E-state index >= 15 is 0 Å². The Hall–Kier alpha value is -1.42. The van der Waals surface area contributed by atoms with Gasteiger partial charge in [0.15, 0.2) is 0 Å². The second kappa shape index (κ2) is 4.30. The van der Waals surface area contributed by atoms with E-state index in [1.165, 1.54) is 0 Å². The minimum absolute atomic E-state index is 0.222. The molecule has 0 aliphatic carbocycles. The molecule has 1 aliphatic rings. The Balaban J connectivity index is 2.23. The zero-order valence-corrected chi connectivity index (χ0v) is 11.1. The molecule has 100 valence electrons. The molecule has 5 nitrogen and oxygen atoms in total. The normalized spacial score (nSPS) is 16.7. The lowest BCUT2D eigenvalue weighted by atomic mass is 10.1. The van der Waals surface area contributed by atoms with Crippen LogP contribution in [-0.4, -0.2) is 20.9 Å². The third kappa shape index (κ3) is 2.04. The van der Waals surface area contributed by atoms with Gasteiger partial charge in [-0.15, -0.1) is 0 Å². The van der Waals surface area contributed by atoms with Crippen molar-refractivity contribution in [2.45, 2.75) is 19.1 Å². The molecule has 0 radical (unpaired) electrons. The zero-order valence-electron chi connectivity index (χ0n) is 10.2. The van der Waals surface area contributed by atoms with Gasteiger partial charge < -0.3 is 14.6 Å². The summed E-state index contributed by atoms with van der Waals surface area (Å²) in [7, 11) is -3.67. The van der Waals surface area contributed by atoms with Crippen LogP contribution in [-0.2, 0) is 23.7 Å². The summed E-state index contributed by atoms with van der Waals surface area (Å²) < 4.78 is 13.3. The van der Waals surface area contributed by atoms with Gasteiger partial charge in [0.1, 0.15) is 6.35 Å². The van der Waals surface area contributed by atoms with Crippen LogP contribution in [0.15, 0.2) is 29.1 Å². The van der Waals surface area contributed by atoms with Crippen molar-refractivity contribution < 1.29 is 14.6 Å². The maximum absolute atomic E-state index is 12.3. The molecule has 2 heterocycles. The predicted molar refractivity (Wildman–Crippen MR) is 72.5 cm³/mol. The molecule has 1 aromatic carbocycles. The Morgan fingerprint density at radius 2 is 2.16 bits per heavy atom. The van der Waals surface area contributed by atoms with Crippen LogP contribution >= 0.6 is 7.37 Å². The lowest BCUT2D eigenvalue weighted by molar-refractivity contribution is 0.332. The minimum atomic E-state index is -3.67. The summed E-state index contributed by atoms with van der Waals surface area (Å²) in [5, 5.41) is 9.78. The van der Waals surface area contributed by atoms with Gasteiger partial charge in [0.25, 0.3) is 5.56 Å². The van der Waals surface area contributed by atoms with Gasteiger partial charge in [0.2, 0.25) is 7.37 Å². The number of hydrogen-bond acceptors (Lipinski definition) is 3. The summed E-state index contributed by atoms with van der Waals surface area (Å²) >= 11 is 0. The van der Waals surface area contributed by atoms with E-state index in [1.807, 2.05) is 18.2 Å². The maximum atomic E-state index is 12.3. The number of aliphatic hydroxyl groups excluding tert-OH is 1. The number of aliphatic hydroxyl groups is 1. The molecule has 1 atom stereocenters.